The van der Waals surface area contributed by atoms with Gasteiger partial charge in [0, 0.05) is 25.0 Å². The van der Waals surface area contributed by atoms with Crippen LogP contribution in [0.5, 0.6) is 0 Å². The Hall–Kier alpha value is -2.10. The second kappa shape index (κ2) is 6.12. The van der Waals surface area contributed by atoms with E-state index in [2.05, 4.69) is 41.5 Å². The van der Waals surface area contributed by atoms with Crippen LogP contribution in [0.4, 0.5) is 5.82 Å². The van der Waals surface area contributed by atoms with Crippen LogP contribution in [0.25, 0.3) is 0 Å². The lowest BCUT2D eigenvalue weighted by Gasteiger charge is -2.25. The van der Waals surface area contributed by atoms with Gasteiger partial charge >= 0.3 is 0 Å². The molecule has 4 nitrogen and oxygen atoms in total. The maximum atomic E-state index is 12.3. The van der Waals surface area contributed by atoms with Crippen molar-refractivity contribution in [1.29, 1.82) is 0 Å². The van der Waals surface area contributed by atoms with E-state index in [4.69, 9.17) is 0 Å². The Bertz CT molecular complexity index is 678. The number of fused-ring (bicyclic) bond motifs is 1. The van der Waals surface area contributed by atoms with E-state index in [0.717, 1.165) is 32.2 Å². The Morgan fingerprint density at radius 2 is 2.14 bits per heavy atom. The highest BCUT2D eigenvalue weighted by Gasteiger charge is 2.19. The van der Waals surface area contributed by atoms with Gasteiger partial charge in [-0.3, -0.25) is 4.79 Å². The van der Waals surface area contributed by atoms with Gasteiger partial charge in [-0.2, -0.15) is 0 Å². The van der Waals surface area contributed by atoms with E-state index in [1.807, 2.05) is 0 Å². The van der Waals surface area contributed by atoms with Crippen LogP contribution < -0.4 is 10.9 Å². The Labute approximate surface area is 124 Å². The van der Waals surface area contributed by atoms with Gasteiger partial charge in [0.1, 0.15) is 0 Å². The van der Waals surface area contributed by atoms with Gasteiger partial charge in [0.2, 0.25) is 0 Å². The number of hydrogen-bond donors (Lipinski definition) is 1. The second-order valence-electron chi connectivity index (χ2n) is 5.63. The first-order valence-electron chi connectivity index (χ1n) is 7.66. The van der Waals surface area contributed by atoms with Crippen molar-refractivity contribution in [3.05, 3.63) is 58.1 Å². The maximum absolute atomic E-state index is 12.3. The lowest BCUT2D eigenvalue weighted by molar-refractivity contribution is 0.601. The minimum atomic E-state index is -0.0155. The lowest BCUT2D eigenvalue weighted by Crippen LogP contribution is -2.32. The molecule has 0 amide bonds. The number of nitrogens with zero attached hydrogens (tertiary/aromatic N) is 2. The van der Waals surface area contributed by atoms with E-state index < -0.39 is 0 Å². The molecule has 1 atom stereocenters. The number of benzene rings is 1. The molecule has 0 fully saturated rings. The van der Waals surface area contributed by atoms with Gasteiger partial charge in [-0.05, 0) is 36.8 Å². The minimum absolute atomic E-state index is 0.0155. The van der Waals surface area contributed by atoms with Crippen LogP contribution in [0, 0.1) is 0 Å². The topological polar surface area (TPSA) is 46.9 Å². The Balaban J connectivity index is 1.77. The van der Waals surface area contributed by atoms with Gasteiger partial charge in [0.15, 0.2) is 5.82 Å². The van der Waals surface area contributed by atoms with Crippen LogP contribution in [-0.4, -0.2) is 15.6 Å². The van der Waals surface area contributed by atoms with Gasteiger partial charge in [-0.1, -0.05) is 31.2 Å². The number of aryl methyl sites for hydroxylation is 2. The summed E-state index contributed by atoms with van der Waals surface area (Å²) in [5.74, 6) is 0.482. The first-order chi connectivity index (χ1) is 10.3. The van der Waals surface area contributed by atoms with E-state index in [-0.39, 0.29) is 11.6 Å². The summed E-state index contributed by atoms with van der Waals surface area (Å²) in [6, 6.07) is 8.83. The molecule has 1 heterocycles. The summed E-state index contributed by atoms with van der Waals surface area (Å²) in [5.41, 5.74) is 2.80. The normalized spacial score (nSPS) is 17.3. The molecule has 4 heteroatoms. The molecule has 0 radical (unpaired) electrons. The fourth-order valence-electron chi connectivity index (χ4n) is 2.98. The fourth-order valence-corrected chi connectivity index (χ4v) is 2.98. The number of rotatable bonds is 4. The zero-order chi connectivity index (χ0) is 14.7. The predicted molar refractivity (Wildman–Crippen MR) is 84.7 cm³/mol. The van der Waals surface area contributed by atoms with Crippen LogP contribution in [0.15, 0.2) is 41.5 Å². The van der Waals surface area contributed by atoms with E-state index >= 15 is 0 Å². The van der Waals surface area contributed by atoms with Crippen molar-refractivity contribution in [2.75, 3.05) is 5.32 Å². The van der Waals surface area contributed by atoms with Crippen LogP contribution in [0.1, 0.15) is 30.9 Å². The number of aromatic nitrogens is 2. The summed E-state index contributed by atoms with van der Waals surface area (Å²) in [4.78, 5) is 16.5. The van der Waals surface area contributed by atoms with Gasteiger partial charge in [0.25, 0.3) is 5.56 Å². The first kappa shape index (κ1) is 13.9. The molecule has 110 valence electrons. The molecule has 2 aromatic rings. The summed E-state index contributed by atoms with van der Waals surface area (Å²) >= 11 is 0. The van der Waals surface area contributed by atoms with Gasteiger partial charge < -0.3 is 9.88 Å². The van der Waals surface area contributed by atoms with E-state index in [1.54, 1.807) is 17.0 Å². The smallest absolute Gasteiger partial charge is 0.293 e. The van der Waals surface area contributed by atoms with E-state index in [9.17, 15) is 4.79 Å². The highest BCUT2D eigenvalue weighted by atomic mass is 16.1. The van der Waals surface area contributed by atoms with Crippen molar-refractivity contribution in [2.45, 2.75) is 45.2 Å². The van der Waals surface area contributed by atoms with Gasteiger partial charge in [-0.25, -0.2) is 4.98 Å². The Kier molecular flexibility index (Phi) is 4.04. The van der Waals surface area contributed by atoms with Crippen LogP contribution in [0.3, 0.4) is 0 Å². The summed E-state index contributed by atoms with van der Waals surface area (Å²) in [6.45, 7) is 2.81. The summed E-state index contributed by atoms with van der Waals surface area (Å²) in [5, 5.41) is 3.34. The van der Waals surface area contributed by atoms with Crippen molar-refractivity contribution in [3.8, 4) is 0 Å². The minimum Gasteiger partial charge on any atom is -0.362 e. The molecule has 0 saturated heterocycles. The quantitative estimate of drug-likeness (QED) is 0.938. The largest absolute Gasteiger partial charge is 0.362 e. The fraction of sp³-hybridized carbons (Fsp3) is 0.412. The standard InChI is InChI=1S/C17H21N3O/c1-2-10-20-11-9-18-16(17(20)21)19-15-8-7-13-5-3-4-6-14(13)12-15/h3-6,9,11,15H,2,7-8,10,12H2,1H3,(H,18,19). The molecule has 1 aliphatic rings. The average Bonchev–Trinajstić information content (AvgIpc) is 2.51. The molecule has 0 saturated carbocycles. The van der Waals surface area contributed by atoms with E-state index in [1.165, 1.54) is 11.1 Å². The highest BCUT2D eigenvalue weighted by molar-refractivity contribution is 5.37. The molecule has 1 aromatic carbocycles. The highest BCUT2D eigenvalue weighted by Crippen LogP contribution is 2.22. The summed E-state index contributed by atoms with van der Waals surface area (Å²) in [7, 11) is 0. The van der Waals surface area contributed by atoms with Crippen molar-refractivity contribution in [1.82, 2.24) is 9.55 Å². The van der Waals surface area contributed by atoms with Crippen molar-refractivity contribution >= 4 is 5.82 Å². The van der Waals surface area contributed by atoms with Crippen LogP contribution in [-0.2, 0) is 19.4 Å². The zero-order valence-corrected chi connectivity index (χ0v) is 12.4. The van der Waals surface area contributed by atoms with Crippen molar-refractivity contribution in [2.24, 2.45) is 0 Å². The summed E-state index contributed by atoms with van der Waals surface area (Å²) < 4.78 is 1.73. The maximum Gasteiger partial charge on any atom is 0.293 e. The molecule has 1 N–H and O–H groups in total. The molecular weight excluding hydrogens is 262 g/mol. The van der Waals surface area contributed by atoms with Crippen molar-refractivity contribution in [3.63, 3.8) is 0 Å². The van der Waals surface area contributed by atoms with Crippen molar-refractivity contribution < 1.29 is 0 Å². The molecule has 0 aliphatic heterocycles. The molecule has 0 bridgehead atoms. The predicted octanol–water partition coefficient (Wildman–Crippen LogP) is 2.62. The number of anilines is 1. The first-order valence-corrected chi connectivity index (χ1v) is 7.66. The molecule has 21 heavy (non-hydrogen) atoms. The summed E-state index contributed by atoms with van der Waals surface area (Å²) in [6.07, 6.45) is 7.47. The average molecular weight is 283 g/mol. The SMILES string of the molecule is CCCn1ccnc(NC2CCc3ccccc3C2)c1=O. The Morgan fingerprint density at radius 3 is 2.95 bits per heavy atom. The van der Waals surface area contributed by atoms with Crippen LogP contribution >= 0.6 is 0 Å². The lowest BCUT2D eigenvalue weighted by atomic mass is 9.88. The number of nitrogens with one attached hydrogen (secondary N) is 1. The van der Waals surface area contributed by atoms with Gasteiger partial charge in [-0.15, -0.1) is 0 Å². The van der Waals surface area contributed by atoms with Crippen LogP contribution in [0.2, 0.25) is 0 Å². The molecule has 1 aliphatic carbocycles. The van der Waals surface area contributed by atoms with E-state index in [0.29, 0.717) is 5.82 Å². The molecule has 0 spiro atoms. The monoisotopic (exact) mass is 283 g/mol. The third-order valence-electron chi connectivity index (χ3n) is 4.07. The molecule has 1 aromatic heterocycles. The molecule has 1 unspecified atom stereocenters. The second-order valence-corrected chi connectivity index (χ2v) is 5.63. The number of hydrogen-bond acceptors (Lipinski definition) is 3. The Morgan fingerprint density at radius 1 is 1.33 bits per heavy atom. The molecule has 3 rings (SSSR count). The third-order valence-corrected chi connectivity index (χ3v) is 4.07. The zero-order valence-electron chi connectivity index (χ0n) is 12.4. The molecular formula is C17H21N3O. The van der Waals surface area contributed by atoms with Gasteiger partial charge in [0.05, 0.1) is 0 Å². The third kappa shape index (κ3) is 2.99.